The average molecular weight is 411 g/mol. The van der Waals surface area contributed by atoms with Gasteiger partial charge in [-0.05, 0) is 48.5 Å². The molecule has 6 nitrogen and oxygen atoms in total. The SMILES string of the molecule is O=C(Nc1cc(F)cc(F)c1)c1c(O)c2cccnc2n(-c2ccc(F)cc2)c1=O. The lowest BCUT2D eigenvalue weighted by Crippen LogP contribution is -2.29. The van der Waals surface area contributed by atoms with Crippen molar-refractivity contribution in [3.8, 4) is 11.4 Å². The zero-order chi connectivity index (χ0) is 21.4. The molecule has 0 saturated carbocycles. The smallest absolute Gasteiger partial charge is 0.273 e. The molecule has 0 aliphatic heterocycles. The van der Waals surface area contributed by atoms with Gasteiger partial charge in [0.2, 0.25) is 0 Å². The summed E-state index contributed by atoms with van der Waals surface area (Å²) in [5, 5.41) is 12.9. The second kappa shape index (κ2) is 7.36. The summed E-state index contributed by atoms with van der Waals surface area (Å²) >= 11 is 0. The van der Waals surface area contributed by atoms with Crippen LogP contribution < -0.4 is 10.9 Å². The monoisotopic (exact) mass is 411 g/mol. The van der Waals surface area contributed by atoms with Crippen LogP contribution in [0, 0.1) is 17.5 Å². The van der Waals surface area contributed by atoms with Gasteiger partial charge in [0.15, 0.2) is 5.65 Å². The number of halogens is 3. The van der Waals surface area contributed by atoms with Crippen molar-refractivity contribution in [2.75, 3.05) is 5.32 Å². The zero-order valence-electron chi connectivity index (χ0n) is 15.1. The van der Waals surface area contributed by atoms with Crippen LogP contribution in [-0.4, -0.2) is 20.6 Å². The van der Waals surface area contributed by atoms with E-state index in [2.05, 4.69) is 10.3 Å². The van der Waals surface area contributed by atoms with E-state index in [1.54, 1.807) is 0 Å². The van der Waals surface area contributed by atoms with Gasteiger partial charge in [-0.3, -0.25) is 14.2 Å². The average Bonchev–Trinajstić information content (AvgIpc) is 2.69. The Bertz CT molecular complexity index is 1330. The topological polar surface area (TPSA) is 84.2 Å². The summed E-state index contributed by atoms with van der Waals surface area (Å²) in [4.78, 5) is 30.0. The number of carbonyl (C=O) groups excluding carboxylic acids is 1. The number of hydrogen-bond acceptors (Lipinski definition) is 4. The highest BCUT2D eigenvalue weighted by molar-refractivity contribution is 6.09. The van der Waals surface area contributed by atoms with Crippen molar-refractivity contribution >= 4 is 22.6 Å². The molecule has 2 aromatic heterocycles. The van der Waals surface area contributed by atoms with Crippen LogP contribution in [0.2, 0.25) is 0 Å². The molecule has 30 heavy (non-hydrogen) atoms. The standard InChI is InChI=1S/C21H12F3N3O3/c22-11-3-5-15(6-4-11)27-19-16(2-1-7-25-19)18(28)17(21(27)30)20(29)26-14-9-12(23)8-13(24)10-14/h1-10,28H,(H,26,29). The van der Waals surface area contributed by atoms with Crippen molar-refractivity contribution in [2.45, 2.75) is 0 Å². The van der Waals surface area contributed by atoms with E-state index in [9.17, 15) is 27.9 Å². The van der Waals surface area contributed by atoms with E-state index in [4.69, 9.17) is 0 Å². The summed E-state index contributed by atoms with van der Waals surface area (Å²) in [6.45, 7) is 0. The number of nitrogens with one attached hydrogen (secondary N) is 1. The van der Waals surface area contributed by atoms with Gasteiger partial charge in [0.25, 0.3) is 11.5 Å². The maximum atomic E-state index is 13.4. The molecule has 4 rings (SSSR count). The third-order valence-corrected chi connectivity index (χ3v) is 4.34. The molecule has 0 spiro atoms. The number of hydrogen-bond donors (Lipinski definition) is 2. The Labute approximate surface area is 166 Å². The van der Waals surface area contributed by atoms with E-state index in [0.29, 0.717) is 6.07 Å². The lowest BCUT2D eigenvalue weighted by molar-refractivity contribution is 0.102. The molecule has 0 saturated heterocycles. The fourth-order valence-electron chi connectivity index (χ4n) is 3.06. The zero-order valence-corrected chi connectivity index (χ0v) is 15.1. The van der Waals surface area contributed by atoms with Gasteiger partial charge in [0.05, 0.1) is 11.1 Å². The van der Waals surface area contributed by atoms with Crippen LogP contribution in [0.4, 0.5) is 18.9 Å². The second-order valence-corrected chi connectivity index (χ2v) is 6.33. The Morgan fingerprint density at radius 1 is 0.967 bits per heavy atom. The van der Waals surface area contributed by atoms with Crippen LogP contribution in [0.5, 0.6) is 5.75 Å². The van der Waals surface area contributed by atoms with Gasteiger partial charge in [-0.2, -0.15) is 0 Å². The summed E-state index contributed by atoms with van der Waals surface area (Å²) in [5.41, 5.74) is -1.60. The number of aromatic nitrogens is 2. The highest BCUT2D eigenvalue weighted by atomic mass is 19.1. The van der Waals surface area contributed by atoms with Crippen LogP contribution >= 0.6 is 0 Å². The molecule has 9 heteroatoms. The summed E-state index contributed by atoms with van der Waals surface area (Å²) < 4.78 is 41.2. The summed E-state index contributed by atoms with van der Waals surface area (Å²) in [7, 11) is 0. The van der Waals surface area contributed by atoms with Crippen molar-refractivity contribution in [2.24, 2.45) is 0 Å². The minimum Gasteiger partial charge on any atom is -0.506 e. The molecule has 2 heterocycles. The fourth-order valence-corrected chi connectivity index (χ4v) is 3.06. The Morgan fingerprint density at radius 2 is 1.63 bits per heavy atom. The first kappa shape index (κ1) is 19.2. The van der Waals surface area contributed by atoms with Crippen LogP contribution in [0.15, 0.2) is 65.6 Å². The number of aromatic hydroxyl groups is 1. The van der Waals surface area contributed by atoms with Gasteiger partial charge < -0.3 is 10.4 Å². The lowest BCUT2D eigenvalue weighted by atomic mass is 10.1. The van der Waals surface area contributed by atoms with E-state index >= 15 is 0 Å². The molecule has 0 aliphatic carbocycles. The summed E-state index contributed by atoms with van der Waals surface area (Å²) in [5.74, 6) is -4.11. The predicted molar refractivity (Wildman–Crippen MR) is 103 cm³/mol. The van der Waals surface area contributed by atoms with E-state index in [1.165, 1.54) is 30.5 Å². The van der Waals surface area contributed by atoms with Crippen molar-refractivity contribution in [3.05, 3.63) is 94.2 Å². The van der Waals surface area contributed by atoms with Crippen molar-refractivity contribution in [1.82, 2.24) is 9.55 Å². The summed E-state index contributed by atoms with van der Waals surface area (Å²) in [6.07, 6.45) is 1.39. The number of carbonyl (C=O) groups is 1. The molecule has 0 radical (unpaired) electrons. The molecule has 150 valence electrons. The highest BCUT2D eigenvalue weighted by Gasteiger charge is 2.24. The van der Waals surface area contributed by atoms with Crippen LogP contribution in [0.25, 0.3) is 16.7 Å². The van der Waals surface area contributed by atoms with Gasteiger partial charge in [-0.15, -0.1) is 0 Å². The van der Waals surface area contributed by atoms with Crippen molar-refractivity contribution < 1.29 is 23.1 Å². The Balaban J connectivity index is 1.93. The number of anilines is 1. The molecule has 0 aliphatic rings. The fraction of sp³-hybridized carbons (Fsp3) is 0. The molecule has 0 unspecified atom stereocenters. The number of amides is 1. The Kier molecular flexibility index (Phi) is 4.71. The molecule has 4 aromatic rings. The molecule has 1 amide bonds. The maximum Gasteiger partial charge on any atom is 0.273 e. The molecule has 0 atom stereocenters. The van der Waals surface area contributed by atoms with Gasteiger partial charge in [-0.25, -0.2) is 18.2 Å². The number of rotatable bonds is 3. The first-order chi connectivity index (χ1) is 14.3. The van der Waals surface area contributed by atoms with Crippen LogP contribution in [0.1, 0.15) is 10.4 Å². The Hall–Kier alpha value is -4.14. The van der Waals surface area contributed by atoms with Gasteiger partial charge in [0, 0.05) is 18.0 Å². The quantitative estimate of drug-likeness (QED) is 0.538. The third-order valence-electron chi connectivity index (χ3n) is 4.34. The molecular weight excluding hydrogens is 399 g/mol. The summed E-state index contributed by atoms with van der Waals surface area (Å²) in [6, 6.07) is 10.1. The van der Waals surface area contributed by atoms with Gasteiger partial charge >= 0.3 is 0 Å². The van der Waals surface area contributed by atoms with E-state index in [0.717, 1.165) is 28.8 Å². The minimum atomic E-state index is -1.08. The number of benzene rings is 2. The second-order valence-electron chi connectivity index (χ2n) is 6.33. The first-order valence-electron chi connectivity index (χ1n) is 8.61. The normalized spacial score (nSPS) is 10.9. The van der Waals surface area contributed by atoms with Gasteiger partial charge in [0.1, 0.15) is 28.8 Å². The highest BCUT2D eigenvalue weighted by Crippen LogP contribution is 2.27. The van der Waals surface area contributed by atoms with Crippen LogP contribution in [-0.2, 0) is 0 Å². The maximum absolute atomic E-state index is 13.4. The largest absolute Gasteiger partial charge is 0.506 e. The number of nitrogens with zero attached hydrogens (tertiary/aromatic N) is 2. The van der Waals surface area contributed by atoms with Crippen molar-refractivity contribution in [3.63, 3.8) is 0 Å². The molecule has 2 aromatic carbocycles. The van der Waals surface area contributed by atoms with E-state index < -0.39 is 40.2 Å². The van der Waals surface area contributed by atoms with E-state index in [-0.39, 0.29) is 22.4 Å². The number of fused-ring (bicyclic) bond motifs is 1. The third kappa shape index (κ3) is 3.37. The predicted octanol–water partition coefficient (Wildman–Crippen LogP) is 3.76. The lowest BCUT2D eigenvalue weighted by Gasteiger charge is -2.14. The Morgan fingerprint density at radius 3 is 2.30 bits per heavy atom. The minimum absolute atomic E-state index is 0.0416. The van der Waals surface area contributed by atoms with Crippen molar-refractivity contribution in [1.29, 1.82) is 0 Å². The molecule has 2 N–H and O–H groups in total. The number of pyridine rings is 2. The van der Waals surface area contributed by atoms with Gasteiger partial charge in [-0.1, -0.05) is 0 Å². The molecule has 0 fully saturated rings. The molecule has 0 bridgehead atoms. The van der Waals surface area contributed by atoms with E-state index in [1.807, 2.05) is 0 Å². The first-order valence-corrected chi connectivity index (χ1v) is 8.61. The molecular formula is C21H12F3N3O3. The van der Waals surface area contributed by atoms with Crippen LogP contribution in [0.3, 0.4) is 0 Å².